The van der Waals surface area contributed by atoms with E-state index in [1.807, 2.05) is 32.7 Å². The third-order valence-corrected chi connectivity index (χ3v) is 3.46. The molecule has 1 aliphatic rings. The molecule has 6 nitrogen and oxygen atoms in total. The molecule has 1 saturated heterocycles. The van der Waals surface area contributed by atoms with Gasteiger partial charge in [0.15, 0.2) is 0 Å². The Kier molecular flexibility index (Phi) is 4.65. The van der Waals surface area contributed by atoms with Gasteiger partial charge in [-0.3, -0.25) is 0 Å². The zero-order chi connectivity index (χ0) is 15.5. The van der Waals surface area contributed by atoms with Crippen molar-refractivity contribution in [3.63, 3.8) is 0 Å². The summed E-state index contributed by atoms with van der Waals surface area (Å²) in [5.74, 6) is 0.688. The van der Waals surface area contributed by atoms with Crippen molar-refractivity contribution in [1.29, 1.82) is 0 Å². The number of likely N-dealkylation sites (tertiary alicyclic amines) is 1. The van der Waals surface area contributed by atoms with Crippen LogP contribution in [-0.2, 0) is 4.74 Å². The molecule has 0 radical (unpaired) electrons. The van der Waals surface area contributed by atoms with E-state index >= 15 is 0 Å². The number of aromatic nitrogens is 2. The summed E-state index contributed by atoms with van der Waals surface area (Å²) in [6.07, 6.45) is 5.20. The summed E-state index contributed by atoms with van der Waals surface area (Å²) in [5, 5.41) is 0. The first kappa shape index (κ1) is 15.5. The number of carbonyl (C=O) groups is 1. The van der Waals surface area contributed by atoms with Gasteiger partial charge in [0.1, 0.15) is 5.60 Å². The smallest absolute Gasteiger partial charge is 0.410 e. The van der Waals surface area contributed by atoms with Gasteiger partial charge in [0, 0.05) is 38.6 Å². The normalized spacial score (nSPS) is 19.2. The number of hydrogen-bond acceptors (Lipinski definition) is 5. The van der Waals surface area contributed by atoms with Crippen LogP contribution in [0.15, 0.2) is 18.5 Å². The molecule has 0 N–H and O–H groups in total. The van der Waals surface area contributed by atoms with E-state index in [0.29, 0.717) is 12.5 Å². The van der Waals surface area contributed by atoms with Crippen LogP contribution in [0.25, 0.3) is 0 Å². The molecule has 0 saturated carbocycles. The molecular formula is C15H24N4O2. The molecular weight excluding hydrogens is 268 g/mol. The summed E-state index contributed by atoms with van der Waals surface area (Å²) in [7, 11) is 1.97. The first-order valence-corrected chi connectivity index (χ1v) is 7.34. The topological polar surface area (TPSA) is 58.6 Å². The highest BCUT2D eigenvalue weighted by molar-refractivity contribution is 5.68. The van der Waals surface area contributed by atoms with Crippen LogP contribution in [0.2, 0.25) is 0 Å². The molecule has 1 amide bonds. The van der Waals surface area contributed by atoms with Crippen LogP contribution in [-0.4, -0.2) is 52.7 Å². The number of anilines is 1. The van der Waals surface area contributed by atoms with E-state index in [4.69, 9.17) is 4.74 Å². The van der Waals surface area contributed by atoms with E-state index in [1.165, 1.54) is 0 Å². The Hall–Kier alpha value is -1.85. The van der Waals surface area contributed by atoms with Crippen LogP contribution >= 0.6 is 0 Å². The Balaban J connectivity index is 1.99. The van der Waals surface area contributed by atoms with Crippen molar-refractivity contribution in [2.24, 2.45) is 0 Å². The predicted octanol–water partition coefficient (Wildman–Crippen LogP) is 2.31. The number of ether oxygens (including phenoxy) is 1. The average Bonchev–Trinajstić information content (AvgIpc) is 2.46. The van der Waals surface area contributed by atoms with Gasteiger partial charge in [-0.1, -0.05) is 0 Å². The summed E-state index contributed by atoms with van der Waals surface area (Å²) in [5.41, 5.74) is -0.460. The second-order valence-electron chi connectivity index (χ2n) is 6.38. The van der Waals surface area contributed by atoms with Crippen molar-refractivity contribution in [1.82, 2.24) is 14.9 Å². The molecule has 1 aromatic heterocycles. The minimum absolute atomic E-state index is 0.216. The molecule has 0 aliphatic carbocycles. The van der Waals surface area contributed by atoms with Gasteiger partial charge in [-0.15, -0.1) is 0 Å². The highest BCUT2D eigenvalue weighted by Crippen LogP contribution is 2.20. The fourth-order valence-electron chi connectivity index (χ4n) is 2.40. The maximum absolute atomic E-state index is 12.2. The lowest BCUT2D eigenvalue weighted by atomic mass is 10.1. The fraction of sp³-hybridized carbons (Fsp3) is 0.667. The van der Waals surface area contributed by atoms with Gasteiger partial charge in [0.05, 0.1) is 0 Å². The van der Waals surface area contributed by atoms with Crippen LogP contribution in [0.3, 0.4) is 0 Å². The fourth-order valence-corrected chi connectivity index (χ4v) is 2.40. The van der Waals surface area contributed by atoms with Crippen LogP contribution in [0.4, 0.5) is 10.7 Å². The van der Waals surface area contributed by atoms with Crippen molar-refractivity contribution in [2.75, 3.05) is 25.0 Å². The van der Waals surface area contributed by atoms with E-state index in [9.17, 15) is 4.79 Å². The van der Waals surface area contributed by atoms with Gasteiger partial charge < -0.3 is 14.5 Å². The minimum Gasteiger partial charge on any atom is -0.444 e. The first-order chi connectivity index (χ1) is 9.87. The van der Waals surface area contributed by atoms with Gasteiger partial charge in [0.2, 0.25) is 5.95 Å². The third-order valence-electron chi connectivity index (χ3n) is 3.46. The Morgan fingerprint density at radius 3 is 2.67 bits per heavy atom. The number of rotatable bonds is 2. The van der Waals surface area contributed by atoms with Crippen molar-refractivity contribution < 1.29 is 9.53 Å². The van der Waals surface area contributed by atoms with Gasteiger partial charge in [-0.05, 0) is 39.7 Å². The molecule has 0 spiro atoms. The maximum atomic E-state index is 12.2. The summed E-state index contributed by atoms with van der Waals surface area (Å²) < 4.78 is 5.45. The van der Waals surface area contributed by atoms with Gasteiger partial charge >= 0.3 is 6.09 Å². The lowest BCUT2D eigenvalue weighted by molar-refractivity contribution is 0.0199. The summed E-state index contributed by atoms with van der Waals surface area (Å²) in [6.45, 7) is 7.04. The number of piperidine rings is 1. The average molecular weight is 292 g/mol. The number of amides is 1. The molecule has 2 heterocycles. The minimum atomic E-state index is -0.460. The molecule has 6 heteroatoms. The summed E-state index contributed by atoms with van der Waals surface area (Å²) in [4.78, 5) is 24.5. The quantitative estimate of drug-likeness (QED) is 0.837. The van der Waals surface area contributed by atoms with Crippen molar-refractivity contribution in [3.8, 4) is 0 Å². The van der Waals surface area contributed by atoms with Crippen LogP contribution < -0.4 is 4.90 Å². The van der Waals surface area contributed by atoms with Crippen molar-refractivity contribution in [3.05, 3.63) is 18.5 Å². The Bertz CT molecular complexity index is 472. The molecule has 1 fully saturated rings. The molecule has 1 aromatic rings. The molecule has 1 aliphatic heterocycles. The monoisotopic (exact) mass is 292 g/mol. The van der Waals surface area contributed by atoms with E-state index in [-0.39, 0.29) is 12.1 Å². The van der Waals surface area contributed by atoms with Gasteiger partial charge in [-0.25, -0.2) is 14.8 Å². The Labute approximate surface area is 126 Å². The molecule has 2 rings (SSSR count). The number of carbonyl (C=O) groups excluding carboxylic acids is 1. The van der Waals surface area contributed by atoms with Crippen LogP contribution in [0, 0.1) is 0 Å². The zero-order valence-corrected chi connectivity index (χ0v) is 13.2. The molecule has 0 aromatic carbocycles. The number of hydrogen-bond donors (Lipinski definition) is 0. The third kappa shape index (κ3) is 4.31. The largest absolute Gasteiger partial charge is 0.444 e. The Morgan fingerprint density at radius 1 is 1.38 bits per heavy atom. The lowest BCUT2D eigenvalue weighted by Crippen LogP contribution is -2.50. The standard InChI is InChI=1S/C15H24N4O2/c1-15(2,3)21-14(20)19-10-5-7-12(11-19)18(4)13-16-8-6-9-17-13/h6,8-9,12H,5,7,10-11H2,1-4H3. The second kappa shape index (κ2) is 6.28. The summed E-state index contributed by atoms with van der Waals surface area (Å²) in [6, 6.07) is 2.01. The lowest BCUT2D eigenvalue weighted by Gasteiger charge is -2.38. The van der Waals surface area contributed by atoms with E-state index in [2.05, 4.69) is 9.97 Å². The molecule has 1 unspecified atom stereocenters. The van der Waals surface area contributed by atoms with Crippen molar-refractivity contribution in [2.45, 2.75) is 45.3 Å². The Morgan fingerprint density at radius 2 is 2.05 bits per heavy atom. The molecule has 1 atom stereocenters. The summed E-state index contributed by atoms with van der Waals surface area (Å²) >= 11 is 0. The highest BCUT2D eigenvalue weighted by atomic mass is 16.6. The highest BCUT2D eigenvalue weighted by Gasteiger charge is 2.30. The predicted molar refractivity (Wildman–Crippen MR) is 81.3 cm³/mol. The number of nitrogens with zero attached hydrogens (tertiary/aromatic N) is 4. The first-order valence-electron chi connectivity index (χ1n) is 7.34. The maximum Gasteiger partial charge on any atom is 0.410 e. The molecule has 0 bridgehead atoms. The second-order valence-corrected chi connectivity index (χ2v) is 6.38. The number of likely N-dealkylation sites (N-methyl/N-ethyl adjacent to an activating group) is 1. The van der Waals surface area contributed by atoms with E-state index in [0.717, 1.165) is 19.4 Å². The van der Waals surface area contributed by atoms with Crippen LogP contribution in [0.5, 0.6) is 0 Å². The SMILES string of the molecule is CN(c1ncccn1)C1CCCN(C(=O)OC(C)(C)C)C1. The van der Waals surface area contributed by atoms with Crippen LogP contribution in [0.1, 0.15) is 33.6 Å². The zero-order valence-electron chi connectivity index (χ0n) is 13.2. The van der Waals surface area contributed by atoms with Crippen molar-refractivity contribution >= 4 is 12.0 Å². The van der Waals surface area contributed by atoms with Gasteiger partial charge in [-0.2, -0.15) is 0 Å². The molecule has 21 heavy (non-hydrogen) atoms. The van der Waals surface area contributed by atoms with E-state index in [1.54, 1.807) is 23.4 Å². The van der Waals surface area contributed by atoms with E-state index < -0.39 is 5.60 Å². The van der Waals surface area contributed by atoms with Gasteiger partial charge in [0.25, 0.3) is 0 Å². The molecule has 116 valence electrons.